The highest BCUT2D eigenvalue weighted by atomic mass is 16.4. The van der Waals surface area contributed by atoms with Crippen LogP contribution in [0.15, 0.2) is 53.1 Å². The van der Waals surface area contributed by atoms with Crippen molar-refractivity contribution in [1.29, 1.82) is 0 Å². The molecule has 2 N–H and O–H groups in total. The maximum absolute atomic E-state index is 11.6. The number of anilines is 1. The zero-order chi connectivity index (χ0) is 12.1. The van der Waals surface area contributed by atoms with Gasteiger partial charge in [-0.1, -0.05) is 18.2 Å². The molecule has 4 heteroatoms. The highest BCUT2D eigenvalue weighted by molar-refractivity contribution is 5.90. The Kier molecular flexibility index (Phi) is 3.57. The van der Waals surface area contributed by atoms with Gasteiger partial charge in [-0.05, 0) is 24.3 Å². The molecule has 1 aromatic heterocycles. The van der Waals surface area contributed by atoms with Crippen LogP contribution in [-0.4, -0.2) is 11.0 Å². The summed E-state index contributed by atoms with van der Waals surface area (Å²) in [6.45, 7) is 0. The van der Waals surface area contributed by atoms with Crippen LogP contribution in [0, 0.1) is 0 Å². The zero-order valence-electron chi connectivity index (χ0n) is 9.17. The fraction of sp³-hybridized carbons (Fsp3) is 0.154. The number of rotatable bonds is 4. The van der Waals surface area contributed by atoms with Gasteiger partial charge in [-0.25, -0.2) is 0 Å². The fourth-order valence-electron chi connectivity index (χ4n) is 1.49. The van der Waals surface area contributed by atoms with Crippen LogP contribution in [0.3, 0.4) is 0 Å². The standard InChI is InChI=1S/C13H13NO3/c15-11(12-7-4-8-17-12)9-13(16)14-10-5-2-1-3-6-10/h1-8,11,15H,9H2,(H,14,16). The molecule has 0 aliphatic rings. The molecule has 1 aromatic carbocycles. The third-order valence-corrected chi connectivity index (χ3v) is 2.31. The predicted octanol–water partition coefficient (Wildman–Crippen LogP) is 2.34. The van der Waals surface area contributed by atoms with E-state index >= 15 is 0 Å². The van der Waals surface area contributed by atoms with E-state index in [1.807, 2.05) is 18.2 Å². The number of aliphatic hydroxyl groups is 1. The van der Waals surface area contributed by atoms with Crippen molar-refractivity contribution >= 4 is 11.6 Å². The second-order valence-corrected chi connectivity index (χ2v) is 3.65. The van der Waals surface area contributed by atoms with Gasteiger partial charge in [0.25, 0.3) is 0 Å². The van der Waals surface area contributed by atoms with E-state index in [1.54, 1.807) is 24.3 Å². The number of benzene rings is 1. The molecule has 2 aromatic rings. The number of hydrogen-bond acceptors (Lipinski definition) is 3. The molecular formula is C13H13NO3. The van der Waals surface area contributed by atoms with Gasteiger partial charge in [-0.2, -0.15) is 0 Å². The lowest BCUT2D eigenvalue weighted by molar-refractivity contribution is -0.118. The van der Waals surface area contributed by atoms with Gasteiger partial charge >= 0.3 is 0 Å². The number of furan rings is 1. The molecule has 0 fully saturated rings. The fourth-order valence-corrected chi connectivity index (χ4v) is 1.49. The van der Waals surface area contributed by atoms with E-state index in [9.17, 15) is 9.90 Å². The van der Waals surface area contributed by atoms with Crippen molar-refractivity contribution in [3.63, 3.8) is 0 Å². The van der Waals surface area contributed by atoms with Crippen LogP contribution in [0.2, 0.25) is 0 Å². The van der Waals surface area contributed by atoms with Crippen molar-refractivity contribution in [2.45, 2.75) is 12.5 Å². The molecule has 0 saturated heterocycles. The average Bonchev–Trinajstić information content (AvgIpc) is 2.83. The highest BCUT2D eigenvalue weighted by Gasteiger charge is 2.15. The van der Waals surface area contributed by atoms with Gasteiger partial charge in [0.15, 0.2) is 0 Å². The first-order chi connectivity index (χ1) is 8.25. The van der Waals surface area contributed by atoms with E-state index < -0.39 is 6.10 Å². The topological polar surface area (TPSA) is 62.5 Å². The Morgan fingerprint density at radius 2 is 2.00 bits per heavy atom. The summed E-state index contributed by atoms with van der Waals surface area (Å²) in [5, 5.41) is 12.4. The number of nitrogens with one attached hydrogen (secondary N) is 1. The smallest absolute Gasteiger partial charge is 0.227 e. The van der Waals surface area contributed by atoms with Gasteiger partial charge in [0.1, 0.15) is 11.9 Å². The highest BCUT2D eigenvalue weighted by Crippen LogP contribution is 2.17. The van der Waals surface area contributed by atoms with Crippen LogP contribution in [0.25, 0.3) is 0 Å². The summed E-state index contributed by atoms with van der Waals surface area (Å²) in [5.74, 6) is 0.147. The summed E-state index contributed by atoms with van der Waals surface area (Å²) in [6.07, 6.45) is 0.532. The van der Waals surface area contributed by atoms with Crippen molar-refractivity contribution in [3.05, 3.63) is 54.5 Å². The molecule has 17 heavy (non-hydrogen) atoms. The largest absolute Gasteiger partial charge is 0.467 e. The summed E-state index contributed by atoms with van der Waals surface area (Å²) in [7, 11) is 0. The number of amides is 1. The van der Waals surface area contributed by atoms with Crippen LogP contribution >= 0.6 is 0 Å². The van der Waals surface area contributed by atoms with Crippen LogP contribution in [0.5, 0.6) is 0 Å². The lowest BCUT2D eigenvalue weighted by atomic mass is 10.2. The minimum absolute atomic E-state index is 0.0254. The van der Waals surface area contributed by atoms with Crippen molar-refractivity contribution < 1.29 is 14.3 Å². The molecule has 4 nitrogen and oxygen atoms in total. The Hall–Kier alpha value is -2.07. The molecule has 88 valence electrons. The van der Waals surface area contributed by atoms with Crippen molar-refractivity contribution in [3.8, 4) is 0 Å². The lowest BCUT2D eigenvalue weighted by Gasteiger charge is -2.08. The minimum Gasteiger partial charge on any atom is -0.467 e. The predicted molar refractivity (Wildman–Crippen MR) is 63.4 cm³/mol. The molecule has 1 amide bonds. The molecule has 0 bridgehead atoms. The van der Waals surface area contributed by atoms with Crippen molar-refractivity contribution in [2.24, 2.45) is 0 Å². The Balaban J connectivity index is 1.90. The first-order valence-electron chi connectivity index (χ1n) is 5.32. The molecule has 0 aliphatic heterocycles. The number of carbonyl (C=O) groups excluding carboxylic acids is 1. The van der Waals surface area contributed by atoms with Crippen LogP contribution in [0.1, 0.15) is 18.3 Å². The van der Waals surface area contributed by atoms with E-state index in [0.717, 1.165) is 0 Å². The lowest BCUT2D eigenvalue weighted by Crippen LogP contribution is -2.15. The molecule has 2 rings (SSSR count). The monoisotopic (exact) mass is 231 g/mol. The maximum Gasteiger partial charge on any atom is 0.227 e. The van der Waals surface area contributed by atoms with Gasteiger partial charge in [-0.15, -0.1) is 0 Å². The summed E-state index contributed by atoms with van der Waals surface area (Å²) >= 11 is 0. The molecule has 0 spiro atoms. The Bertz CT molecular complexity index is 465. The molecular weight excluding hydrogens is 218 g/mol. The van der Waals surface area contributed by atoms with E-state index in [4.69, 9.17) is 4.42 Å². The third-order valence-electron chi connectivity index (χ3n) is 2.31. The molecule has 0 saturated carbocycles. The quantitative estimate of drug-likeness (QED) is 0.848. The van der Waals surface area contributed by atoms with Crippen LogP contribution in [-0.2, 0) is 4.79 Å². The normalized spacial score (nSPS) is 12.1. The summed E-state index contributed by atoms with van der Waals surface area (Å²) in [5.41, 5.74) is 0.712. The number of hydrogen-bond donors (Lipinski definition) is 2. The zero-order valence-corrected chi connectivity index (χ0v) is 9.17. The summed E-state index contributed by atoms with van der Waals surface area (Å²) < 4.78 is 5.02. The second-order valence-electron chi connectivity index (χ2n) is 3.65. The number of para-hydroxylation sites is 1. The van der Waals surface area contributed by atoms with E-state index in [-0.39, 0.29) is 12.3 Å². The number of carbonyl (C=O) groups is 1. The molecule has 1 atom stereocenters. The third kappa shape index (κ3) is 3.19. The molecule has 1 unspecified atom stereocenters. The Morgan fingerprint density at radius 3 is 2.65 bits per heavy atom. The Morgan fingerprint density at radius 1 is 1.24 bits per heavy atom. The Labute approximate surface area is 98.9 Å². The first kappa shape index (κ1) is 11.4. The van der Waals surface area contributed by atoms with Crippen molar-refractivity contribution in [2.75, 3.05) is 5.32 Å². The van der Waals surface area contributed by atoms with E-state index in [0.29, 0.717) is 11.4 Å². The van der Waals surface area contributed by atoms with E-state index in [2.05, 4.69) is 5.32 Å². The second kappa shape index (κ2) is 5.32. The maximum atomic E-state index is 11.6. The summed E-state index contributed by atoms with van der Waals surface area (Å²) in [4.78, 5) is 11.6. The molecule has 0 aliphatic carbocycles. The SMILES string of the molecule is O=C(CC(O)c1ccco1)Nc1ccccc1. The molecule has 1 heterocycles. The van der Waals surface area contributed by atoms with Gasteiger partial charge in [-0.3, -0.25) is 4.79 Å². The summed E-state index contributed by atoms with van der Waals surface area (Å²) in [6, 6.07) is 12.4. The van der Waals surface area contributed by atoms with Crippen LogP contribution in [0.4, 0.5) is 5.69 Å². The van der Waals surface area contributed by atoms with E-state index in [1.165, 1.54) is 6.26 Å². The van der Waals surface area contributed by atoms with Crippen LogP contribution < -0.4 is 5.32 Å². The minimum atomic E-state index is -0.909. The van der Waals surface area contributed by atoms with Crippen molar-refractivity contribution in [1.82, 2.24) is 0 Å². The van der Waals surface area contributed by atoms with Gasteiger partial charge in [0, 0.05) is 5.69 Å². The molecule has 0 radical (unpaired) electrons. The van der Waals surface area contributed by atoms with Gasteiger partial charge in [0.05, 0.1) is 12.7 Å². The number of aliphatic hydroxyl groups excluding tert-OH is 1. The van der Waals surface area contributed by atoms with Gasteiger partial charge in [0.2, 0.25) is 5.91 Å². The average molecular weight is 231 g/mol. The first-order valence-corrected chi connectivity index (χ1v) is 5.32. The van der Waals surface area contributed by atoms with Gasteiger partial charge < -0.3 is 14.8 Å².